The Bertz CT molecular complexity index is 94.9. The van der Waals surface area contributed by atoms with E-state index in [0.717, 1.165) is 6.42 Å². The molecule has 0 aromatic heterocycles. The number of rotatable bonds is 5. The fourth-order valence-electron chi connectivity index (χ4n) is 0.949. The molecule has 3 heteroatoms. The predicted molar refractivity (Wildman–Crippen MR) is 36.9 cm³/mol. The van der Waals surface area contributed by atoms with E-state index in [-0.39, 0.29) is 6.61 Å². The van der Waals surface area contributed by atoms with Crippen LogP contribution in [0.2, 0.25) is 0 Å². The van der Waals surface area contributed by atoms with Gasteiger partial charge in [0.2, 0.25) is 0 Å². The van der Waals surface area contributed by atoms with E-state index in [0.29, 0.717) is 25.4 Å². The minimum Gasteiger partial charge on any atom is -0.394 e. The third kappa shape index (κ3) is 2.25. The molecule has 3 nitrogen and oxygen atoms in total. The highest BCUT2D eigenvalue weighted by molar-refractivity contribution is 4.82. The number of aliphatic hydroxyl groups is 1. The molecule has 60 valence electrons. The van der Waals surface area contributed by atoms with E-state index in [1.54, 1.807) is 0 Å². The maximum atomic E-state index is 8.36. The zero-order valence-corrected chi connectivity index (χ0v) is 6.25. The molecule has 2 unspecified atom stereocenters. The summed E-state index contributed by atoms with van der Waals surface area (Å²) in [6.07, 6.45) is 1.78. The summed E-state index contributed by atoms with van der Waals surface area (Å²) in [6.45, 7) is 3.26. The number of hydrogen-bond acceptors (Lipinski definition) is 3. The third-order valence-corrected chi connectivity index (χ3v) is 1.61. The molecule has 1 N–H and O–H groups in total. The summed E-state index contributed by atoms with van der Waals surface area (Å²) in [7, 11) is 0. The van der Waals surface area contributed by atoms with Crippen molar-refractivity contribution in [3.05, 3.63) is 0 Å². The van der Waals surface area contributed by atoms with Crippen molar-refractivity contribution in [1.29, 1.82) is 0 Å². The first kappa shape index (κ1) is 7.98. The average molecular weight is 146 g/mol. The lowest BCUT2D eigenvalue weighted by Gasteiger charge is -1.96. The van der Waals surface area contributed by atoms with Crippen LogP contribution in [0.25, 0.3) is 0 Å². The molecule has 0 spiro atoms. The molecule has 0 saturated carbocycles. The summed E-state index contributed by atoms with van der Waals surface area (Å²) in [5.74, 6) is 0. The van der Waals surface area contributed by atoms with Crippen LogP contribution in [0.5, 0.6) is 0 Å². The SMILES string of the molecule is CCC1OC1COCCO. The van der Waals surface area contributed by atoms with Crippen molar-refractivity contribution in [3.8, 4) is 0 Å². The maximum absolute atomic E-state index is 8.36. The Labute approximate surface area is 60.9 Å². The molecule has 10 heavy (non-hydrogen) atoms. The third-order valence-electron chi connectivity index (χ3n) is 1.61. The van der Waals surface area contributed by atoms with Crippen molar-refractivity contribution >= 4 is 0 Å². The van der Waals surface area contributed by atoms with Gasteiger partial charge in [0.1, 0.15) is 6.10 Å². The Morgan fingerprint density at radius 2 is 2.30 bits per heavy atom. The number of ether oxygens (including phenoxy) is 2. The van der Waals surface area contributed by atoms with Gasteiger partial charge in [-0.2, -0.15) is 0 Å². The Morgan fingerprint density at radius 1 is 1.50 bits per heavy atom. The van der Waals surface area contributed by atoms with Crippen molar-refractivity contribution in [2.24, 2.45) is 0 Å². The van der Waals surface area contributed by atoms with E-state index in [4.69, 9.17) is 14.6 Å². The van der Waals surface area contributed by atoms with Gasteiger partial charge in [0.15, 0.2) is 0 Å². The highest BCUT2D eigenvalue weighted by Crippen LogP contribution is 2.24. The van der Waals surface area contributed by atoms with Gasteiger partial charge in [0.25, 0.3) is 0 Å². The van der Waals surface area contributed by atoms with Crippen LogP contribution < -0.4 is 0 Å². The maximum Gasteiger partial charge on any atom is 0.107 e. The summed E-state index contributed by atoms with van der Waals surface area (Å²) in [4.78, 5) is 0. The van der Waals surface area contributed by atoms with E-state index in [2.05, 4.69) is 6.92 Å². The van der Waals surface area contributed by atoms with Gasteiger partial charge >= 0.3 is 0 Å². The smallest absolute Gasteiger partial charge is 0.107 e. The Hall–Kier alpha value is -0.120. The van der Waals surface area contributed by atoms with Gasteiger partial charge in [0.05, 0.1) is 25.9 Å². The second-order valence-electron chi connectivity index (χ2n) is 2.42. The predicted octanol–water partition coefficient (Wildman–Crippen LogP) is 0.173. The van der Waals surface area contributed by atoms with Crippen LogP contribution in [0.4, 0.5) is 0 Å². The molecule has 0 bridgehead atoms. The minimum atomic E-state index is 0.101. The van der Waals surface area contributed by atoms with E-state index in [1.165, 1.54) is 0 Å². The van der Waals surface area contributed by atoms with Crippen molar-refractivity contribution < 1.29 is 14.6 Å². The lowest BCUT2D eigenvalue weighted by Crippen LogP contribution is -2.07. The standard InChI is InChI=1S/C7H14O3/c1-2-6-7(10-6)5-9-4-3-8/h6-8H,2-5H2,1H3. The normalized spacial score (nSPS) is 30.6. The first-order valence-electron chi connectivity index (χ1n) is 3.72. The molecule has 2 atom stereocenters. The van der Waals surface area contributed by atoms with Crippen molar-refractivity contribution in [3.63, 3.8) is 0 Å². The fraction of sp³-hybridized carbons (Fsp3) is 1.00. The van der Waals surface area contributed by atoms with Crippen molar-refractivity contribution in [1.82, 2.24) is 0 Å². The summed E-state index contributed by atoms with van der Waals surface area (Å²) in [6, 6.07) is 0. The van der Waals surface area contributed by atoms with Gasteiger partial charge in [-0.05, 0) is 6.42 Å². The fourth-order valence-corrected chi connectivity index (χ4v) is 0.949. The highest BCUT2D eigenvalue weighted by atomic mass is 16.6. The van der Waals surface area contributed by atoms with E-state index in [9.17, 15) is 0 Å². The Morgan fingerprint density at radius 3 is 2.80 bits per heavy atom. The molecule has 0 radical (unpaired) electrons. The molecule has 0 aromatic carbocycles. The van der Waals surface area contributed by atoms with Gasteiger partial charge in [0, 0.05) is 0 Å². The monoisotopic (exact) mass is 146 g/mol. The minimum absolute atomic E-state index is 0.101. The van der Waals surface area contributed by atoms with Gasteiger partial charge < -0.3 is 14.6 Å². The molecular weight excluding hydrogens is 132 g/mol. The molecule has 1 rings (SSSR count). The zero-order chi connectivity index (χ0) is 7.40. The summed E-state index contributed by atoms with van der Waals surface area (Å²) >= 11 is 0. The van der Waals surface area contributed by atoms with Crippen LogP contribution in [-0.4, -0.2) is 37.1 Å². The number of aliphatic hydroxyl groups excluding tert-OH is 1. The second kappa shape index (κ2) is 3.91. The number of epoxide rings is 1. The molecule has 0 amide bonds. The Balaban J connectivity index is 1.87. The van der Waals surface area contributed by atoms with Crippen LogP contribution in [0.15, 0.2) is 0 Å². The quantitative estimate of drug-likeness (QED) is 0.444. The number of hydrogen-bond donors (Lipinski definition) is 1. The lowest BCUT2D eigenvalue weighted by molar-refractivity contribution is 0.0810. The van der Waals surface area contributed by atoms with E-state index < -0.39 is 0 Å². The van der Waals surface area contributed by atoms with Gasteiger partial charge in [-0.25, -0.2) is 0 Å². The van der Waals surface area contributed by atoms with Crippen LogP contribution in [-0.2, 0) is 9.47 Å². The lowest BCUT2D eigenvalue weighted by atomic mass is 10.3. The summed E-state index contributed by atoms with van der Waals surface area (Å²) in [5, 5.41) is 8.36. The van der Waals surface area contributed by atoms with Gasteiger partial charge in [-0.1, -0.05) is 6.92 Å². The Kier molecular flexibility index (Phi) is 3.12. The molecular formula is C7H14O3. The van der Waals surface area contributed by atoms with Crippen LogP contribution in [0.1, 0.15) is 13.3 Å². The van der Waals surface area contributed by atoms with E-state index in [1.807, 2.05) is 0 Å². The summed E-state index contributed by atoms with van der Waals surface area (Å²) in [5.41, 5.74) is 0. The largest absolute Gasteiger partial charge is 0.394 e. The van der Waals surface area contributed by atoms with Crippen LogP contribution >= 0.6 is 0 Å². The van der Waals surface area contributed by atoms with Crippen LogP contribution in [0, 0.1) is 0 Å². The van der Waals surface area contributed by atoms with Gasteiger partial charge in [-0.15, -0.1) is 0 Å². The first-order valence-corrected chi connectivity index (χ1v) is 3.72. The van der Waals surface area contributed by atoms with E-state index >= 15 is 0 Å². The van der Waals surface area contributed by atoms with Gasteiger partial charge in [-0.3, -0.25) is 0 Å². The second-order valence-corrected chi connectivity index (χ2v) is 2.42. The summed E-state index contributed by atoms with van der Waals surface area (Å²) < 4.78 is 10.3. The molecule has 1 aliphatic rings. The zero-order valence-electron chi connectivity index (χ0n) is 6.25. The molecule has 1 fully saturated rings. The topological polar surface area (TPSA) is 42.0 Å². The highest BCUT2D eigenvalue weighted by Gasteiger charge is 2.36. The average Bonchev–Trinajstić information content (AvgIpc) is 2.68. The van der Waals surface area contributed by atoms with Crippen LogP contribution in [0.3, 0.4) is 0 Å². The molecule has 1 saturated heterocycles. The van der Waals surface area contributed by atoms with Crippen molar-refractivity contribution in [2.45, 2.75) is 25.6 Å². The molecule has 0 aromatic rings. The first-order chi connectivity index (χ1) is 4.88. The van der Waals surface area contributed by atoms with Crippen molar-refractivity contribution in [2.75, 3.05) is 19.8 Å². The molecule has 1 heterocycles. The molecule has 1 aliphatic heterocycles. The molecule has 0 aliphatic carbocycles.